The average Bonchev–Trinajstić information content (AvgIpc) is 3.04. The second-order valence-corrected chi connectivity index (χ2v) is 8.41. The van der Waals surface area contributed by atoms with Crippen LogP contribution in [-0.2, 0) is 12.3 Å². The van der Waals surface area contributed by atoms with E-state index < -0.39 is 5.97 Å². The molecule has 0 unspecified atom stereocenters. The number of para-hydroxylation sites is 1. The van der Waals surface area contributed by atoms with Crippen LogP contribution < -0.4 is 0 Å². The van der Waals surface area contributed by atoms with Crippen LogP contribution in [0.25, 0.3) is 10.9 Å². The van der Waals surface area contributed by atoms with E-state index in [-0.39, 0.29) is 0 Å². The summed E-state index contributed by atoms with van der Waals surface area (Å²) in [6.07, 6.45) is 0. The molecule has 0 aliphatic rings. The Morgan fingerprint density at radius 3 is 2.34 bits per heavy atom. The minimum Gasteiger partial charge on any atom is -0.477 e. The molecule has 0 aliphatic heterocycles. The maximum atomic E-state index is 12.3. The van der Waals surface area contributed by atoms with Crippen molar-refractivity contribution in [3.8, 4) is 0 Å². The van der Waals surface area contributed by atoms with Crippen molar-refractivity contribution < 1.29 is 9.90 Å². The fraction of sp³-hybridized carbons (Fsp3) is 0.0870. The Morgan fingerprint density at radius 2 is 1.62 bits per heavy atom. The number of nitrogens with zero attached hydrogens (tertiary/aromatic N) is 1. The van der Waals surface area contributed by atoms with Crippen molar-refractivity contribution in [2.75, 3.05) is 0 Å². The zero-order valence-corrected chi connectivity index (χ0v) is 17.6. The third-order valence-electron chi connectivity index (χ3n) is 4.68. The molecule has 0 radical (unpaired) electrons. The van der Waals surface area contributed by atoms with E-state index in [4.69, 9.17) is 23.2 Å². The van der Waals surface area contributed by atoms with Crippen molar-refractivity contribution in [1.29, 1.82) is 0 Å². The van der Waals surface area contributed by atoms with Gasteiger partial charge in [0.05, 0.1) is 15.6 Å². The Labute approximate surface area is 182 Å². The number of carbonyl (C=O) groups is 1. The predicted molar refractivity (Wildman–Crippen MR) is 120 cm³/mol. The lowest BCUT2D eigenvalue weighted by Crippen LogP contribution is -2.10. The number of thioether (sulfide) groups is 1. The quantitative estimate of drug-likeness (QED) is 0.328. The van der Waals surface area contributed by atoms with Crippen LogP contribution in [-0.4, -0.2) is 15.6 Å². The van der Waals surface area contributed by atoms with E-state index in [1.54, 1.807) is 23.9 Å². The van der Waals surface area contributed by atoms with Gasteiger partial charge in [-0.3, -0.25) is 0 Å². The molecule has 3 aromatic carbocycles. The summed E-state index contributed by atoms with van der Waals surface area (Å²) in [5.74, 6) is -0.251. The Bertz CT molecular complexity index is 1190. The SMILES string of the molecule is O=C(O)c1c(SCc2ccccc2)c2ccccc2n1Cc1ccc(Cl)c(Cl)c1. The number of hydrogen-bond acceptors (Lipinski definition) is 2. The van der Waals surface area contributed by atoms with Crippen LogP contribution in [0.3, 0.4) is 0 Å². The van der Waals surface area contributed by atoms with Crippen LogP contribution >= 0.6 is 35.0 Å². The van der Waals surface area contributed by atoms with Crippen molar-refractivity contribution in [2.45, 2.75) is 17.2 Å². The van der Waals surface area contributed by atoms with Crippen molar-refractivity contribution in [1.82, 2.24) is 4.57 Å². The number of aromatic nitrogens is 1. The fourth-order valence-corrected chi connectivity index (χ4v) is 4.83. The second kappa shape index (κ2) is 8.54. The first-order valence-electron chi connectivity index (χ1n) is 9.00. The van der Waals surface area contributed by atoms with E-state index in [1.165, 1.54) is 0 Å². The van der Waals surface area contributed by atoms with Gasteiger partial charge in [-0.15, -0.1) is 11.8 Å². The third kappa shape index (κ3) is 4.15. The van der Waals surface area contributed by atoms with Gasteiger partial charge in [0.25, 0.3) is 0 Å². The highest BCUT2D eigenvalue weighted by molar-refractivity contribution is 7.98. The van der Waals surface area contributed by atoms with Gasteiger partial charge in [0.2, 0.25) is 0 Å². The van der Waals surface area contributed by atoms with Gasteiger partial charge in [0, 0.05) is 22.6 Å². The zero-order chi connectivity index (χ0) is 20.4. The minimum atomic E-state index is -0.947. The molecule has 4 rings (SSSR count). The van der Waals surface area contributed by atoms with E-state index in [0.717, 1.165) is 26.9 Å². The topological polar surface area (TPSA) is 42.2 Å². The van der Waals surface area contributed by atoms with Crippen LogP contribution in [0.5, 0.6) is 0 Å². The Hall–Kier alpha value is -2.40. The standard InChI is InChI=1S/C23H17Cl2NO2S/c24-18-11-10-16(12-19(18)25)13-26-20-9-5-4-8-17(20)22(21(26)23(27)28)29-14-15-6-2-1-3-7-15/h1-12H,13-14H2,(H,27,28). The van der Waals surface area contributed by atoms with E-state index in [9.17, 15) is 9.90 Å². The van der Waals surface area contributed by atoms with Crippen molar-refractivity contribution in [3.63, 3.8) is 0 Å². The zero-order valence-electron chi connectivity index (χ0n) is 15.3. The lowest BCUT2D eigenvalue weighted by atomic mass is 10.2. The first-order chi connectivity index (χ1) is 14.0. The summed E-state index contributed by atoms with van der Waals surface area (Å²) < 4.78 is 1.84. The molecule has 146 valence electrons. The molecule has 0 aliphatic carbocycles. The molecular weight excluding hydrogens is 425 g/mol. The maximum Gasteiger partial charge on any atom is 0.353 e. The van der Waals surface area contributed by atoms with Crippen molar-refractivity contribution in [3.05, 3.63) is 99.7 Å². The summed E-state index contributed by atoms with van der Waals surface area (Å²) in [7, 11) is 0. The molecule has 29 heavy (non-hydrogen) atoms. The predicted octanol–water partition coefficient (Wildman–Crippen LogP) is 6.99. The van der Waals surface area contributed by atoms with Crippen LogP contribution in [0.2, 0.25) is 10.0 Å². The molecule has 1 aromatic heterocycles. The highest BCUT2D eigenvalue weighted by atomic mass is 35.5. The molecular formula is C23H17Cl2NO2S. The molecule has 4 aromatic rings. The highest BCUT2D eigenvalue weighted by Gasteiger charge is 2.23. The molecule has 1 N–H and O–H groups in total. The molecule has 0 bridgehead atoms. The van der Waals surface area contributed by atoms with E-state index in [2.05, 4.69) is 0 Å². The molecule has 0 saturated heterocycles. The van der Waals surface area contributed by atoms with Crippen LogP contribution in [0, 0.1) is 0 Å². The van der Waals surface area contributed by atoms with Gasteiger partial charge in [0.15, 0.2) is 0 Å². The number of hydrogen-bond donors (Lipinski definition) is 1. The van der Waals surface area contributed by atoms with Gasteiger partial charge in [-0.1, -0.05) is 77.8 Å². The molecule has 0 fully saturated rings. The number of carboxylic acid groups (broad SMARTS) is 1. The third-order valence-corrected chi connectivity index (χ3v) is 6.60. The van der Waals surface area contributed by atoms with Gasteiger partial charge in [0.1, 0.15) is 5.69 Å². The summed E-state index contributed by atoms with van der Waals surface area (Å²) in [6, 6.07) is 23.2. The summed E-state index contributed by atoms with van der Waals surface area (Å²) >= 11 is 13.7. The maximum absolute atomic E-state index is 12.3. The minimum absolute atomic E-state index is 0.290. The second-order valence-electron chi connectivity index (χ2n) is 6.61. The van der Waals surface area contributed by atoms with Gasteiger partial charge in [-0.25, -0.2) is 4.79 Å². The Balaban J connectivity index is 1.80. The number of benzene rings is 3. The largest absolute Gasteiger partial charge is 0.477 e. The van der Waals surface area contributed by atoms with Crippen LogP contribution in [0.15, 0.2) is 77.7 Å². The summed E-state index contributed by atoms with van der Waals surface area (Å²) in [6.45, 7) is 0.394. The molecule has 0 atom stereocenters. The summed E-state index contributed by atoms with van der Waals surface area (Å²) in [5, 5.41) is 11.9. The first-order valence-corrected chi connectivity index (χ1v) is 10.7. The summed E-state index contributed by atoms with van der Waals surface area (Å²) in [4.78, 5) is 13.0. The van der Waals surface area contributed by atoms with Gasteiger partial charge in [-0.05, 0) is 29.3 Å². The molecule has 0 spiro atoms. The Kier molecular flexibility index (Phi) is 5.86. The summed E-state index contributed by atoms with van der Waals surface area (Å²) in [5.41, 5.74) is 3.21. The van der Waals surface area contributed by atoms with Crippen LogP contribution in [0.1, 0.15) is 21.6 Å². The van der Waals surface area contributed by atoms with Crippen LogP contribution in [0.4, 0.5) is 0 Å². The number of aromatic carboxylic acids is 1. The highest BCUT2D eigenvalue weighted by Crippen LogP contribution is 2.37. The molecule has 0 amide bonds. The van der Waals surface area contributed by atoms with E-state index in [1.807, 2.05) is 65.2 Å². The molecule has 6 heteroatoms. The first kappa shape index (κ1) is 19.9. The fourth-order valence-electron chi connectivity index (χ4n) is 3.34. The Morgan fingerprint density at radius 1 is 0.897 bits per heavy atom. The number of rotatable bonds is 6. The van der Waals surface area contributed by atoms with E-state index >= 15 is 0 Å². The molecule has 1 heterocycles. The number of halogens is 2. The van der Waals surface area contributed by atoms with Crippen molar-refractivity contribution in [2.24, 2.45) is 0 Å². The van der Waals surface area contributed by atoms with Gasteiger partial charge in [-0.2, -0.15) is 0 Å². The smallest absolute Gasteiger partial charge is 0.353 e. The average molecular weight is 442 g/mol. The number of fused-ring (bicyclic) bond motifs is 1. The van der Waals surface area contributed by atoms with E-state index in [0.29, 0.717) is 28.0 Å². The molecule has 3 nitrogen and oxygen atoms in total. The lowest BCUT2D eigenvalue weighted by molar-refractivity contribution is 0.0682. The van der Waals surface area contributed by atoms with Gasteiger partial charge >= 0.3 is 5.97 Å². The lowest BCUT2D eigenvalue weighted by Gasteiger charge is -2.10. The monoisotopic (exact) mass is 441 g/mol. The van der Waals surface area contributed by atoms with Gasteiger partial charge < -0.3 is 9.67 Å². The number of carboxylic acids is 1. The van der Waals surface area contributed by atoms with Crippen molar-refractivity contribution >= 4 is 51.8 Å². The molecule has 0 saturated carbocycles. The normalized spacial score (nSPS) is 11.1.